The molecule has 0 fully saturated rings. The lowest BCUT2D eigenvalue weighted by molar-refractivity contribution is 0.572. The molecule has 0 saturated heterocycles. The Balaban J connectivity index is 2.27. The van der Waals surface area contributed by atoms with Gasteiger partial charge < -0.3 is 5.32 Å². The molecular weight excluding hydrogens is 198 g/mol. The summed E-state index contributed by atoms with van der Waals surface area (Å²) in [4.78, 5) is 0. The summed E-state index contributed by atoms with van der Waals surface area (Å²) in [6.07, 6.45) is 2.66. The normalized spacial score (nSPS) is 12.9. The second kappa shape index (κ2) is 5.81. The van der Waals surface area contributed by atoms with Crippen LogP contribution in [-0.2, 0) is 0 Å². The molecule has 1 unspecified atom stereocenters. The Hall–Kier alpha value is -0.830. The fraction of sp³-hybridized carbons (Fsp3) is 0.600. The molecule has 0 saturated carbocycles. The topological polar surface area (TPSA) is 37.8 Å². The lowest BCUT2D eigenvalue weighted by Crippen LogP contribution is -2.16. The van der Waals surface area contributed by atoms with Gasteiger partial charge in [-0.3, -0.25) is 0 Å². The first-order chi connectivity index (χ1) is 6.68. The molecule has 1 atom stereocenters. The maximum absolute atomic E-state index is 6.12. The molecule has 0 aromatic carbocycles. The molecule has 0 aliphatic rings. The molecule has 3 nitrogen and oxygen atoms in total. The van der Waals surface area contributed by atoms with Gasteiger partial charge in [-0.2, -0.15) is 5.10 Å². The number of nitrogens with zero attached hydrogens (tertiary/aromatic N) is 2. The van der Waals surface area contributed by atoms with Crippen LogP contribution < -0.4 is 5.32 Å². The van der Waals surface area contributed by atoms with Crippen molar-refractivity contribution < 1.29 is 0 Å². The van der Waals surface area contributed by atoms with Crippen molar-refractivity contribution in [1.29, 1.82) is 0 Å². The van der Waals surface area contributed by atoms with Gasteiger partial charge in [0, 0.05) is 12.7 Å². The largest absolute Gasteiger partial charge is 0.367 e. The average molecular weight is 214 g/mol. The summed E-state index contributed by atoms with van der Waals surface area (Å²) in [6, 6.07) is 3.73. The van der Waals surface area contributed by atoms with Crippen molar-refractivity contribution in [2.75, 3.05) is 11.9 Å². The first-order valence-corrected chi connectivity index (χ1v) is 5.27. The second-order valence-electron chi connectivity index (χ2n) is 3.72. The maximum Gasteiger partial charge on any atom is 0.148 e. The molecular formula is C10H16ClN3. The molecule has 0 aliphatic carbocycles. The third-order valence-electron chi connectivity index (χ3n) is 1.80. The maximum atomic E-state index is 6.12. The monoisotopic (exact) mass is 213 g/mol. The summed E-state index contributed by atoms with van der Waals surface area (Å²) in [5.74, 6) is 1.41. The Labute approximate surface area is 89.9 Å². The fourth-order valence-electron chi connectivity index (χ4n) is 1.21. The summed E-state index contributed by atoms with van der Waals surface area (Å²) in [6.45, 7) is 5.06. The zero-order chi connectivity index (χ0) is 10.4. The van der Waals surface area contributed by atoms with Gasteiger partial charge in [0.1, 0.15) is 5.82 Å². The van der Waals surface area contributed by atoms with E-state index in [0.717, 1.165) is 18.8 Å². The van der Waals surface area contributed by atoms with Crippen molar-refractivity contribution in [3.05, 3.63) is 18.3 Å². The summed E-state index contributed by atoms with van der Waals surface area (Å²) in [7, 11) is 0. The van der Waals surface area contributed by atoms with Crippen LogP contribution in [0.25, 0.3) is 0 Å². The Morgan fingerprint density at radius 2 is 2.29 bits per heavy atom. The number of hydrogen-bond donors (Lipinski definition) is 1. The van der Waals surface area contributed by atoms with Crippen LogP contribution in [0.5, 0.6) is 0 Å². The van der Waals surface area contributed by atoms with Crippen LogP contribution in [0.2, 0.25) is 0 Å². The van der Waals surface area contributed by atoms with E-state index in [4.69, 9.17) is 11.6 Å². The Kier molecular flexibility index (Phi) is 4.66. The van der Waals surface area contributed by atoms with Gasteiger partial charge >= 0.3 is 0 Å². The number of hydrogen-bond acceptors (Lipinski definition) is 3. The lowest BCUT2D eigenvalue weighted by atomic mass is 10.1. The van der Waals surface area contributed by atoms with E-state index in [9.17, 15) is 0 Å². The van der Waals surface area contributed by atoms with Gasteiger partial charge in [-0.1, -0.05) is 13.8 Å². The summed E-state index contributed by atoms with van der Waals surface area (Å²) < 4.78 is 0. The van der Waals surface area contributed by atoms with Crippen molar-refractivity contribution in [3.8, 4) is 0 Å². The molecule has 0 bridgehead atoms. The molecule has 0 amide bonds. The zero-order valence-corrected chi connectivity index (χ0v) is 9.33. The van der Waals surface area contributed by atoms with Gasteiger partial charge in [-0.05, 0) is 24.5 Å². The van der Waals surface area contributed by atoms with E-state index in [1.807, 2.05) is 12.1 Å². The van der Waals surface area contributed by atoms with Crippen LogP contribution in [0, 0.1) is 5.92 Å². The third-order valence-corrected chi connectivity index (χ3v) is 2.14. The highest BCUT2D eigenvalue weighted by Gasteiger charge is 2.06. The minimum atomic E-state index is 0.150. The smallest absolute Gasteiger partial charge is 0.148 e. The third kappa shape index (κ3) is 4.42. The quantitative estimate of drug-likeness (QED) is 0.764. The average Bonchev–Trinajstić information content (AvgIpc) is 2.15. The van der Waals surface area contributed by atoms with Gasteiger partial charge in [0.15, 0.2) is 0 Å². The molecule has 4 heteroatoms. The molecule has 0 radical (unpaired) electrons. The van der Waals surface area contributed by atoms with E-state index < -0.39 is 0 Å². The molecule has 0 spiro atoms. The zero-order valence-electron chi connectivity index (χ0n) is 8.57. The molecule has 78 valence electrons. The summed E-state index contributed by atoms with van der Waals surface area (Å²) in [5.41, 5.74) is 0. The van der Waals surface area contributed by atoms with Crippen molar-refractivity contribution in [3.63, 3.8) is 0 Å². The number of alkyl halides is 1. The van der Waals surface area contributed by atoms with E-state index in [1.54, 1.807) is 6.20 Å². The van der Waals surface area contributed by atoms with Crippen molar-refractivity contribution in [1.82, 2.24) is 10.2 Å². The highest BCUT2D eigenvalue weighted by molar-refractivity contribution is 6.20. The standard InChI is InChI=1S/C10H16ClN3/c1-8(2)6-9(11)7-12-10-4-3-5-13-14-10/h3-5,8-9H,6-7H2,1-2H3,(H,12,14). The van der Waals surface area contributed by atoms with Crippen LogP contribution in [-0.4, -0.2) is 22.1 Å². The van der Waals surface area contributed by atoms with E-state index in [-0.39, 0.29) is 5.38 Å². The Morgan fingerprint density at radius 1 is 1.50 bits per heavy atom. The van der Waals surface area contributed by atoms with Gasteiger partial charge in [0.05, 0.1) is 5.38 Å². The van der Waals surface area contributed by atoms with Crippen LogP contribution >= 0.6 is 11.6 Å². The van der Waals surface area contributed by atoms with Crippen molar-refractivity contribution in [2.45, 2.75) is 25.6 Å². The molecule has 1 heterocycles. The predicted molar refractivity (Wildman–Crippen MR) is 59.6 cm³/mol. The van der Waals surface area contributed by atoms with Crippen LogP contribution in [0.4, 0.5) is 5.82 Å². The fourth-order valence-corrected chi connectivity index (χ4v) is 1.64. The number of aromatic nitrogens is 2. The van der Waals surface area contributed by atoms with E-state index in [1.165, 1.54) is 0 Å². The SMILES string of the molecule is CC(C)CC(Cl)CNc1cccnn1. The number of nitrogens with one attached hydrogen (secondary N) is 1. The van der Waals surface area contributed by atoms with Gasteiger partial charge in [-0.25, -0.2) is 0 Å². The van der Waals surface area contributed by atoms with Crippen LogP contribution in [0.1, 0.15) is 20.3 Å². The molecule has 14 heavy (non-hydrogen) atoms. The number of rotatable bonds is 5. The molecule has 0 aliphatic heterocycles. The van der Waals surface area contributed by atoms with E-state index in [2.05, 4.69) is 29.4 Å². The van der Waals surface area contributed by atoms with Crippen molar-refractivity contribution >= 4 is 17.4 Å². The summed E-state index contributed by atoms with van der Waals surface area (Å²) >= 11 is 6.12. The van der Waals surface area contributed by atoms with Crippen molar-refractivity contribution in [2.24, 2.45) is 5.92 Å². The molecule has 1 aromatic rings. The molecule has 1 N–H and O–H groups in total. The van der Waals surface area contributed by atoms with Gasteiger partial charge in [0.25, 0.3) is 0 Å². The van der Waals surface area contributed by atoms with Crippen LogP contribution in [0.3, 0.4) is 0 Å². The summed E-state index contributed by atoms with van der Waals surface area (Å²) in [5, 5.41) is 11.0. The first-order valence-electron chi connectivity index (χ1n) is 4.84. The van der Waals surface area contributed by atoms with Gasteiger partial charge in [0.2, 0.25) is 0 Å². The minimum absolute atomic E-state index is 0.150. The van der Waals surface area contributed by atoms with Gasteiger partial charge in [-0.15, -0.1) is 16.7 Å². The first kappa shape index (κ1) is 11.2. The van der Waals surface area contributed by atoms with E-state index in [0.29, 0.717) is 5.92 Å². The molecule has 1 aromatic heterocycles. The van der Waals surface area contributed by atoms with Crippen LogP contribution in [0.15, 0.2) is 18.3 Å². The molecule has 1 rings (SSSR count). The number of halogens is 1. The highest BCUT2D eigenvalue weighted by atomic mass is 35.5. The highest BCUT2D eigenvalue weighted by Crippen LogP contribution is 2.11. The van der Waals surface area contributed by atoms with E-state index >= 15 is 0 Å². The Bertz CT molecular complexity index is 251. The minimum Gasteiger partial charge on any atom is -0.367 e. The lowest BCUT2D eigenvalue weighted by Gasteiger charge is -2.12. The predicted octanol–water partition coefficient (Wildman–Crippen LogP) is 2.54. The number of anilines is 1. The Morgan fingerprint density at radius 3 is 2.86 bits per heavy atom. The second-order valence-corrected chi connectivity index (χ2v) is 4.33.